The maximum absolute atomic E-state index is 12.0. The lowest BCUT2D eigenvalue weighted by molar-refractivity contribution is -0.120. The van der Waals surface area contributed by atoms with E-state index in [0.29, 0.717) is 19.1 Å². The molecule has 0 atom stereocenters. The van der Waals surface area contributed by atoms with Crippen molar-refractivity contribution in [3.05, 3.63) is 65.7 Å². The average molecular weight is 338 g/mol. The third-order valence-corrected chi connectivity index (χ3v) is 4.59. The van der Waals surface area contributed by atoms with E-state index in [9.17, 15) is 4.79 Å². The first kappa shape index (κ1) is 17.5. The van der Waals surface area contributed by atoms with Gasteiger partial charge in [-0.15, -0.1) is 0 Å². The monoisotopic (exact) mass is 338 g/mol. The van der Waals surface area contributed by atoms with Crippen molar-refractivity contribution >= 4 is 5.91 Å². The molecule has 0 bridgehead atoms. The fourth-order valence-electron chi connectivity index (χ4n) is 3.03. The number of hydrogen-bond acceptors (Lipinski definition) is 3. The van der Waals surface area contributed by atoms with Crippen molar-refractivity contribution in [1.82, 2.24) is 10.2 Å². The normalized spacial score (nSPS) is 15.7. The molecule has 1 saturated heterocycles. The van der Waals surface area contributed by atoms with Crippen LogP contribution in [0.5, 0.6) is 5.75 Å². The quantitative estimate of drug-likeness (QED) is 0.880. The molecule has 2 aromatic rings. The highest BCUT2D eigenvalue weighted by Gasteiger charge is 2.17. The summed E-state index contributed by atoms with van der Waals surface area (Å²) in [7, 11) is 2.15. The SMILES string of the molecule is CN1CCC(Oc2ccc(CNC(=O)Cc3ccccc3)cc2)CC1. The minimum atomic E-state index is 0.0397. The Morgan fingerprint density at radius 3 is 2.40 bits per heavy atom. The lowest BCUT2D eigenvalue weighted by Crippen LogP contribution is -2.35. The maximum Gasteiger partial charge on any atom is 0.224 e. The highest BCUT2D eigenvalue weighted by Crippen LogP contribution is 2.19. The first-order valence-electron chi connectivity index (χ1n) is 8.94. The molecule has 0 saturated carbocycles. The molecule has 1 aliphatic heterocycles. The van der Waals surface area contributed by atoms with Gasteiger partial charge in [-0.1, -0.05) is 42.5 Å². The van der Waals surface area contributed by atoms with Crippen LogP contribution >= 0.6 is 0 Å². The van der Waals surface area contributed by atoms with Crippen molar-refractivity contribution in [2.24, 2.45) is 0 Å². The Bertz CT molecular complexity index is 662. The van der Waals surface area contributed by atoms with E-state index in [1.807, 2.05) is 54.6 Å². The van der Waals surface area contributed by atoms with Crippen LogP contribution in [-0.2, 0) is 17.8 Å². The summed E-state index contributed by atoms with van der Waals surface area (Å²) in [5, 5.41) is 2.97. The Labute approximate surface area is 149 Å². The Hall–Kier alpha value is -2.33. The number of hydrogen-bond donors (Lipinski definition) is 1. The van der Waals surface area contributed by atoms with Gasteiger partial charge in [-0.05, 0) is 43.1 Å². The van der Waals surface area contributed by atoms with E-state index >= 15 is 0 Å². The van der Waals surface area contributed by atoms with Gasteiger partial charge in [0.2, 0.25) is 5.91 Å². The number of nitrogens with zero attached hydrogens (tertiary/aromatic N) is 1. The number of likely N-dealkylation sites (tertiary alicyclic amines) is 1. The smallest absolute Gasteiger partial charge is 0.224 e. The summed E-state index contributed by atoms with van der Waals surface area (Å²) in [5.41, 5.74) is 2.11. The molecular formula is C21H26N2O2. The van der Waals surface area contributed by atoms with Crippen molar-refractivity contribution in [2.75, 3.05) is 20.1 Å². The van der Waals surface area contributed by atoms with E-state index in [4.69, 9.17) is 4.74 Å². The second kappa shape index (κ2) is 8.67. The Morgan fingerprint density at radius 1 is 1.04 bits per heavy atom. The third-order valence-electron chi connectivity index (χ3n) is 4.59. The van der Waals surface area contributed by atoms with Crippen LogP contribution in [-0.4, -0.2) is 37.0 Å². The molecule has 4 nitrogen and oxygen atoms in total. The molecule has 1 aliphatic rings. The van der Waals surface area contributed by atoms with Crippen LogP contribution in [0.15, 0.2) is 54.6 Å². The highest BCUT2D eigenvalue weighted by atomic mass is 16.5. The van der Waals surface area contributed by atoms with Gasteiger partial charge in [0, 0.05) is 19.6 Å². The molecule has 2 aromatic carbocycles. The number of rotatable bonds is 6. The number of benzene rings is 2. The fourth-order valence-corrected chi connectivity index (χ4v) is 3.03. The summed E-state index contributed by atoms with van der Waals surface area (Å²) >= 11 is 0. The van der Waals surface area contributed by atoms with Gasteiger partial charge in [-0.2, -0.15) is 0 Å². The highest BCUT2D eigenvalue weighted by molar-refractivity contribution is 5.78. The summed E-state index contributed by atoms with van der Waals surface area (Å²) in [6, 6.07) is 17.8. The van der Waals surface area contributed by atoms with Gasteiger partial charge in [0.15, 0.2) is 0 Å². The summed E-state index contributed by atoms with van der Waals surface area (Å²) in [6.07, 6.45) is 2.88. The van der Waals surface area contributed by atoms with Crippen LogP contribution in [0.4, 0.5) is 0 Å². The average Bonchev–Trinajstić information content (AvgIpc) is 2.64. The Morgan fingerprint density at radius 2 is 1.72 bits per heavy atom. The summed E-state index contributed by atoms with van der Waals surface area (Å²) in [6.45, 7) is 2.73. The molecule has 1 fully saturated rings. The van der Waals surface area contributed by atoms with Crippen LogP contribution in [0.1, 0.15) is 24.0 Å². The van der Waals surface area contributed by atoms with Crippen LogP contribution in [0.3, 0.4) is 0 Å². The number of carbonyl (C=O) groups excluding carboxylic acids is 1. The van der Waals surface area contributed by atoms with E-state index in [1.54, 1.807) is 0 Å². The Kier molecular flexibility index (Phi) is 6.07. The van der Waals surface area contributed by atoms with Gasteiger partial charge in [0.05, 0.1) is 6.42 Å². The first-order chi connectivity index (χ1) is 12.2. The predicted octanol–water partition coefficient (Wildman–Crippen LogP) is 3.02. The largest absolute Gasteiger partial charge is 0.490 e. The van der Waals surface area contributed by atoms with E-state index in [1.165, 1.54) is 0 Å². The number of piperidine rings is 1. The summed E-state index contributed by atoms with van der Waals surface area (Å²) < 4.78 is 6.05. The number of carbonyl (C=O) groups is 1. The molecule has 0 unspecified atom stereocenters. The zero-order valence-corrected chi connectivity index (χ0v) is 14.8. The van der Waals surface area contributed by atoms with Crippen molar-refractivity contribution in [3.63, 3.8) is 0 Å². The van der Waals surface area contributed by atoms with Gasteiger partial charge in [0.1, 0.15) is 11.9 Å². The molecule has 1 heterocycles. The van der Waals surface area contributed by atoms with E-state index in [2.05, 4.69) is 17.3 Å². The zero-order chi connectivity index (χ0) is 17.5. The number of amides is 1. The standard InChI is InChI=1S/C21H26N2O2/c1-23-13-11-20(12-14-23)25-19-9-7-18(8-10-19)16-22-21(24)15-17-5-3-2-4-6-17/h2-10,20H,11-16H2,1H3,(H,22,24). The van der Waals surface area contributed by atoms with Gasteiger partial charge in [0.25, 0.3) is 0 Å². The van der Waals surface area contributed by atoms with Crippen molar-refractivity contribution in [2.45, 2.75) is 31.9 Å². The maximum atomic E-state index is 12.0. The molecule has 25 heavy (non-hydrogen) atoms. The Balaban J connectivity index is 1.43. The minimum absolute atomic E-state index is 0.0397. The number of nitrogens with one attached hydrogen (secondary N) is 1. The molecule has 0 aromatic heterocycles. The summed E-state index contributed by atoms with van der Waals surface area (Å²) in [5.74, 6) is 0.951. The lowest BCUT2D eigenvalue weighted by Gasteiger charge is -2.29. The second-order valence-electron chi connectivity index (χ2n) is 6.70. The van der Waals surface area contributed by atoms with Crippen molar-refractivity contribution in [1.29, 1.82) is 0 Å². The van der Waals surface area contributed by atoms with Gasteiger partial charge < -0.3 is 15.0 Å². The molecule has 3 rings (SSSR count). The second-order valence-corrected chi connectivity index (χ2v) is 6.70. The molecule has 1 N–H and O–H groups in total. The van der Waals surface area contributed by atoms with Crippen LogP contribution in [0.2, 0.25) is 0 Å². The minimum Gasteiger partial charge on any atom is -0.490 e. The van der Waals surface area contributed by atoms with Gasteiger partial charge in [-0.25, -0.2) is 0 Å². The molecular weight excluding hydrogens is 312 g/mol. The lowest BCUT2D eigenvalue weighted by atomic mass is 10.1. The molecule has 132 valence electrons. The van der Waals surface area contributed by atoms with Gasteiger partial charge >= 0.3 is 0 Å². The fraction of sp³-hybridized carbons (Fsp3) is 0.381. The van der Waals surface area contributed by atoms with E-state index < -0.39 is 0 Å². The molecule has 4 heteroatoms. The van der Waals surface area contributed by atoms with E-state index in [0.717, 1.165) is 42.8 Å². The van der Waals surface area contributed by atoms with Crippen LogP contribution in [0, 0.1) is 0 Å². The zero-order valence-electron chi connectivity index (χ0n) is 14.8. The summed E-state index contributed by atoms with van der Waals surface area (Å²) in [4.78, 5) is 14.3. The van der Waals surface area contributed by atoms with Crippen LogP contribution in [0.25, 0.3) is 0 Å². The first-order valence-corrected chi connectivity index (χ1v) is 8.94. The van der Waals surface area contributed by atoms with Crippen LogP contribution < -0.4 is 10.1 Å². The molecule has 0 radical (unpaired) electrons. The van der Waals surface area contributed by atoms with Gasteiger partial charge in [-0.3, -0.25) is 4.79 Å². The van der Waals surface area contributed by atoms with E-state index in [-0.39, 0.29) is 5.91 Å². The predicted molar refractivity (Wildman–Crippen MR) is 99.6 cm³/mol. The topological polar surface area (TPSA) is 41.6 Å². The molecule has 1 amide bonds. The molecule has 0 aliphatic carbocycles. The third kappa shape index (κ3) is 5.61. The number of ether oxygens (including phenoxy) is 1. The molecule has 0 spiro atoms. The van der Waals surface area contributed by atoms with Crippen molar-refractivity contribution in [3.8, 4) is 5.75 Å². The van der Waals surface area contributed by atoms with Crippen molar-refractivity contribution < 1.29 is 9.53 Å².